The fraction of sp³-hybridized carbons (Fsp3) is 0.524. The van der Waals surface area contributed by atoms with Crippen molar-refractivity contribution in [2.75, 3.05) is 39.4 Å². The van der Waals surface area contributed by atoms with Gasteiger partial charge in [-0.05, 0) is 47.9 Å². The third kappa shape index (κ3) is 3.49. The molecule has 0 bridgehead atoms. The third-order valence-corrected chi connectivity index (χ3v) is 7.72. The largest absolute Gasteiger partial charge is 0.475 e. The van der Waals surface area contributed by atoms with Crippen LogP contribution in [0.15, 0.2) is 21.5 Å². The lowest BCUT2D eigenvalue weighted by Gasteiger charge is -2.33. The lowest BCUT2D eigenvalue weighted by atomic mass is 9.75. The van der Waals surface area contributed by atoms with Crippen molar-refractivity contribution in [3.05, 3.63) is 34.5 Å². The second-order valence-corrected chi connectivity index (χ2v) is 10.2. The SMILES string of the molecule is COC[C@@H]1Cc2cc3c(c(NC(=O)N=S(N)(=O)c4cnn5c4OC[C@H]5COC)c21)CCC3. The summed E-state index contributed by atoms with van der Waals surface area (Å²) in [5.74, 6) is 0.490. The predicted octanol–water partition coefficient (Wildman–Crippen LogP) is 2.17. The first-order valence-corrected chi connectivity index (χ1v) is 12.2. The van der Waals surface area contributed by atoms with Gasteiger partial charge in [-0.2, -0.15) is 5.10 Å². The van der Waals surface area contributed by atoms with E-state index in [1.54, 1.807) is 18.9 Å². The molecule has 2 aliphatic carbocycles. The molecule has 32 heavy (non-hydrogen) atoms. The van der Waals surface area contributed by atoms with Crippen LogP contribution in [0.5, 0.6) is 5.88 Å². The van der Waals surface area contributed by atoms with Crippen LogP contribution in [0.25, 0.3) is 0 Å². The number of nitrogens with one attached hydrogen (secondary N) is 1. The number of anilines is 1. The molecule has 1 aromatic carbocycles. The highest BCUT2D eigenvalue weighted by molar-refractivity contribution is 7.91. The summed E-state index contributed by atoms with van der Waals surface area (Å²) in [6.45, 7) is 1.31. The lowest BCUT2D eigenvalue weighted by molar-refractivity contribution is 0.145. The second kappa shape index (κ2) is 8.14. The van der Waals surface area contributed by atoms with Gasteiger partial charge in [0, 0.05) is 25.8 Å². The molecule has 1 aromatic heterocycles. The van der Waals surface area contributed by atoms with Crippen molar-refractivity contribution >= 4 is 21.6 Å². The maximum atomic E-state index is 13.2. The maximum Gasteiger partial charge on any atom is 0.354 e. The van der Waals surface area contributed by atoms with E-state index in [1.807, 2.05) is 0 Å². The zero-order valence-electron chi connectivity index (χ0n) is 18.1. The molecule has 10 nitrogen and oxygen atoms in total. The number of nitrogens with two attached hydrogens (primary N) is 1. The van der Waals surface area contributed by atoms with Crippen molar-refractivity contribution in [1.82, 2.24) is 9.78 Å². The lowest BCUT2D eigenvalue weighted by Crippen LogP contribution is -2.26. The van der Waals surface area contributed by atoms with E-state index in [0.29, 0.717) is 19.8 Å². The summed E-state index contributed by atoms with van der Waals surface area (Å²) < 4.78 is 34.7. The van der Waals surface area contributed by atoms with Crippen molar-refractivity contribution in [1.29, 1.82) is 0 Å². The first-order chi connectivity index (χ1) is 15.4. The number of carbonyl (C=O) groups is 1. The highest BCUT2D eigenvalue weighted by Gasteiger charge is 2.35. The molecule has 172 valence electrons. The average Bonchev–Trinajstić information content (AvgIpc) is 3.43. The van der Waals surface area contributed by atoms with Crippen LogP contribution in [-0.4, -0.2) is 54.1 Å². The number of aromatic nitrogens is 2. The number of benzene rings is 1. The standard InChI is InChI=1S/C21H27N5O5S/c1-29-9-14-7-13-6-12-4-3-5-16(12)19(18(13)14)24-21(27)25-32(22,28)17-8-23-26-15(10-30-2)11-31-20(17)26/h6,8,14-15H,3-5,7,9-11H2,1-2H3,(H3,22,24,25,27,28)/t14-,15+,32?/m0/s1. The summed E-state index contributed by atoms with van der Waals surface area (Å²) >= 11 is 0. The number of hydrogen-bond acceptors (Lipinski definition) is 6. The smallest absolute Gasteiger partial charge is 0.354 e. The van der Waals surface area contributed by atoms with Crippen LogP contribution in [0.2, 0.25) is 0 Å². The Labute approximate surface area is 186 Å². The maximum absolute atomic E-state index is 13.2. The molecule has 2 heterocycles. The molecule has 5 rings (SSSR count). The van der Waals surface area contributed by atoms with E-state index in [1.165, 1.54) is 17.3 Å². The van der Waals surface area contributed by atoms with Gasteiger partial charge in [0.15, 0.2) is 9.92 Å². The monoisotopic (exact) mass is 461 g/mol. The minimum Gasteiger partial charge on any atom is -0.475 e. The molecule has 3 aliphatic rings. The quantitative estimate of drug-likeness (QED) is 0.678. The Balaban J connectivity index is 1.45. The van der Waals surface area contributed by atoms with E-state index in [-0.39, 0.29) is 22.7 Å². The van der Waals surface area contributed by atoms with Gasteiger partial charge < -0.3 is 19.5 Å². The van der Waals surface area contributed by atoms with E-state index in [0.717, 1.165) is 42.5 Å². The number of amides is 2. The Hall–Kier alpha value is -2.47. The topological polar surface area (TPSA) is 130 Å². The number of ether oxygens (including phenoxy) is 3. The molecule has 0 saturated heterocycles. The van der Waals surface area contributed by atoms with Crippen molar-refractivity contribution < 1.29 is 23.2 Å². The van der Waals surface area contributed by atoms with Gasteiger partial charge >= 0.3 is 6.03 Å². The first-order valence-electron chi connectivity index (χ1n) is 10.6. The molecular formula is C21H27N5O5S. The minimum atomic E-state index is -3.55. The molecule has 3 atom stereocenters. The Morgan fingerprint density at radius 1 is 1.34 bits per heavy atom. The normalized spacial score (nSPS) is 22.2. The molecule has 0 spiro atoms. The Bertz CT molecular complexity index is 1200. The van der Waals surface area contributed by atoms with Gasteiger partial charge in [-0.1, -0.05) is 6.07 Å². The summed E-state index contributed by atoms with van der Waals surface area (Å²) in [5, 5.41) is 13.1. The van der Waals surface area contributed by atoms with Crippen molar-refractivity contribution in [3.8, 4) is 5.88 Å². The molecule has 0 radical (unpaired) electrons. The van der Waals surface area contributed by atoms with Gasteiger partial charge in [0.05, 0.1) is 19.4 Å². The van der Waals surface area contributed by atoms with E-state index in [2.05, 4.69) is 20.8 Å². The number of methoxy groups -OCH3 is 2. The molecule has 11 heteroatoms. The van der Waals surface area contributed by atoms with Gasteiger partial charge in [-0.25, -0.2) is 18.8 Å². The van der Waals surface area contributed by atoms with Crippen molar-refractivity contribution in [2.45, 2.75) is 42.5 Å². The number of carbonyl (C=O) groups excluding carboxylic acids is 1. The van der Waals surface area contributed by atoms with Gasteiger partial charge in [0.25, 0.3) is 0 Å². The zero-order chi connectivity index (χ0) is 22.5. The molecule has 1 aliphatic heterocycles. The summed E-state index contributed by atoms with van der Waals surface area (Å²) in [5.41, 5.74) is 5.49. The van der Waals surface area contributed by atoms with Crippen LogP contribution in [0.4, 0.5) is 10.5 Å². The van der Waals surface area contributed by atoms with Crippen molar-refractivity contribution in [3.63, 3.8) is 0 Å². The number of fused-ring (bicyclic) bond motifs is 3. The molecular weight excluding hydrogens is 434 g/mol. The van der Waals surface area contributed by atoms with E-state index >= 15 is 0 Å². The number of urea groups is 1. The van der Waals surface area contributed by atoms with E-state index < -0.39 is 15.9 Å². The third-order valence-electron chi connectivity index (χ3n) is 6.37. The second-order valence-electron chi connectivity index (χ2n) is 8.44. The fourth-order valence-corrected chi connectivity index (χ4v) is 5.96. The summed E-state index contributed by atoms with van der Waals surface area (Å²) in [7, 11) is -0.297. The fourth-order valence-electron chi connectivity index (χ4n) is 4.97. The molecule has 3 N–H and O–H groups in total. The highest BCUT2D eigenvalue weighted by atomic mass is 32.2. The van der Waals surface area contributed by atoms with Crippen LogP contribution in [0.1, 0.15) is 40.6 Å². The number of hydrogen-bond donors (Lipinski definition) is 2. The Kier molecular flexibility index (Phi) is 5.44. The zero-order valence-corrected chi connectivity index (χ0v) is 18.9. The molecule has 0 saturated carbocycles. The summed E-state index contributed by atoms with van der Waals surface area (Å²) in [4.78, 5) is 13.0. The summed E-state index contributed by atoms with van der Waals surface area (Å²) in [6, 6.07) is 1.36. The van der Waals surface area contributed by atoms with Crippen molar-refractivity contribution in [2.24, 2.45) is 9.50 Å². The van der Waals surface area contributed by atoms with Gasteiger partial charge in [0.1, 0.15) is 17.5 Å². The first kappa shape index (κ1) is 21.4. The van der Waals surface area contributed by atoms with Gasteiger partial charge in [0.2, 0.25) is 5.88 Å². The molecule has 1 unspecified atom stereocenters. The number of aryl methyl sites for hydroxylation is 1. The van der Waals surface area contributed by atoms with Gasteiger partial charge in [-0.3, -0.25) is 0 Å². The molecule has 2 aromatic rings. The van der Waals surface area contributed by atoms with E-state index in [4.69, 9.17) is 19.3 Å². The average molecular weight is 462 g/mol. The Morgan fingerprint density at radius 3 is 2.94 bits per heavy atom. The minimum absolute atomic E-state index is 0.106. The predicted molar refractivity (Wildman–Crippen MR) is 117 cm³/mol. The van der Waals surface area contributed by atoms with Crippen LogP contribution >= 0.6 is 0 Å². The van der Waals surface area contributed by atoms with Crippen LogP contribution in [-0.2, 0) is 38.7 Å². The van der Waals surface area contributed by atoms with Gasteiger partial charge in [-0.15, -0.1) is 4.36 Å². The van der Waals surface area contributed by atoms with E-state index in [9.17, 15) is 9.00 Å². The Morgan fingerprint density at radius 2 is 2.16 bits per heavy atom. The molecule has 2 amide bonds. The molecule has 0 fully saturated rings. The van der Waals surface area contributed by atoms with Crippen LogP contribution in [0.3, 0.4) is 0 Å². The summed E-state index contributed by atoms with van der Waals surface area (Å²) in [6.07, 6.45) is 5.20. The highest BCUT2D eigenvalue weighted by Crippen LogP contribution is 2.46. The van der Waals surface area contributed by atoms with Crippen LogP contribution in [0, 0.1) is 0 Å². The van der Waals surface area contributed by atoms with Crippen LogP contribution < -0.4 is 15.2 Å². The number of nitrogens with zero attached hydrogens (tertiary/aromatic N) is 3. The number of rotatable bonds is 6.